The molecule has 2 N–H and O–H groups in total. The first kappa shape index (κ1) is 15.4. The fourth-order valence-corrected chi connectivity index (χ4v) is 3.30. The Kier molecular flexibility index (Phi) is 3.75. The summed E-state index contributed by atoms with van der Waals surface area (Å²) in [6.07, 6.45) is 0. The minimum absolute atomic E-state index is 0.0962. The minimum atomic E-state index is -0.728. The number of nitrogens with zero attached hydrogens (tertiary/aromatic N) is 2. The topological polar surface area (TPSA) is 85.6 Å². The number of rotatable bonds is 2. The van der Waals surface area contributed by atoms with E-state index in [1.54, 1.807) is 12.1 Å². The molecule has 1 aromatic heterocycles. The van der Waals surface area contributed by atoms with Gasteiger partial charge >= 0.3 is 0 Å². The Morgan fingerprint density at radius 2 is 1.84 bits per heavy atom. The number of nitrogens with one attached hydrogen (secondary N) is 2. The molecule has 2 heterocycles. The summed E-state index contributed by atoms with van der Waals surface area (Å²) in [5, 5.41) is 25.6. The van der Waals surface area contributed by atoms with E-state index in [-0.39, 0.29) is 11.8 Å². The quantitative estimate of drug-likeness (QED) is 0.721. The van der Waals surface area contributed by atoms with E-state index in [1.807, 2.05) is 42.5 Å². The Morgan fingerprint density at radius 3 is 2.52 bits per heavy atom. The van der Waals surface area contributed by atoms with Gasteiger partial charge in [0.05, 0.1) is 17.3 Å². The number of ether oxygens (including phenoxy) is 1. The van der Waals surface area contributed by atoms with Crippen molar-refractivity contribution in [1.82, 2.24) is 10.2 Å². The van der Waals surface area contributed by atoms with Crippen molar-refractivity contribution in [2.75, 3.05) is 0 Å². The van der Waals surface area contributed by atoms with Gasteiger partial charge in [-0.3, -0.25) is 10.5 Å². The first-order chi connectivity index (χ1) is 12.2. The summed E-state index contributed by atoms with van der Waals surface area (Å²) in [7, 11) is 0. The van der Waals surface area contributed by atoms with Crippen molar-refractivity contribution in [1.29, 1.82) is 10.7 Å². The van der Waals surface area contributed by atoms with Crippen LogP contribution in [0, 0.1) is 22.7 Å². The highest BCUT2D eigenvalue weighted by Gasteiger charge is 2.40. The predicted molar refractivity (Wildman–Crippen MR) is 94.8 cm³/mol. The van der Waals surface area contributed by atoms with Crippen LogP contribution >= 0.6 is 11.6 Å². The molecule has 2 aromatic carbocycles. The largest absolute Gasteiger partial charge is 0.422 e. The number of nitriles is 1. The second-order valence-electron chi connectivity index (χ2n) is 5.79. The average Bonchev–Trinajstić information content (AvgIpc) is 3.05. The van der Waals surface area contributed by atoms with Gasteiger partial charge in [0.2, 0.25) is 11.8 Å². The highest BCUT2D eigenvalue weighted by atomic mass is 35.5. The maximum absolute atomic E-state index is 9.64. The first-order valence-electron chi connectivity index (χ1n) is 7.74. The van der Waals surface area contributed by atoms with Crippen LogP contribution in [0.1, 0.15) is 17.0 Å². The van der Waals surface area contributed by atoms with E-state index in [2.05, 4.69) is 16.3 Å². The number of fused-ring (bicyclic) bond motifs is 1. The highest BCUT2D eigenvalue weighted by molar-refractivity contribution is 6.30. The molecule has 122 valence electrons. The maximum atomic E-state index is 9.64. The fourth-order valence-electron chi connectivity index (χ4n) is 3.17. The lowest BCUT2D eigenvalue weighted by Gasteiger charge is -2.28. The summed E-state index contributed by atoms with van der Waals surface area (Å²) in [6.45, 7) is 0. The summed E-state index contributed by atoms with van der Waals surface area (Å²) >= 11 is 6.01. The second kappa shape index (κ2) is 6.08. The second-order valence-corrected chi connectivity index (χ2v) is 6.22. The molecule has 3 aromatic rings. The third kappa shape index (κ3) is 2.57. The Hall–Kier alpha value is -3.10. The number of aromatic amines is 1. The molecule has 0 saturated heterocycles. The Morgan fingerprint density at radius 1 is 1.12 bits per heavy atom. The predicted octanol–water partition coefficient (Wildman–Crippen LogP) is 4.37. The molecule has 1 aliphatic rings. The zero-order chi connectivity index (χ0) is 17.4. The normalized spacial score (nSPS) is 19.0. The number of hydrogen-bond donors (Lipinski definition) is 2. The number of H-pyrrole nitrogens is 1. The summed E-state index contributed by atoms with van der Waals surface area (Å²) < 4.78 is 5.51. The van der Waals surface area contributed by atoms with Crippen LogP contribution in [0.3, 0.4) is 0 Å². The van der Waals surface area contributed by atoms with Crippen molar-refractivity contribution in [3.63, 3.8) is 0 Å². The number of benzene rings is 2. The van der Waals surface area contributed by atoms with Gasteiger partial charge in [0, 0.05) is 10.9 Å². The summed E-state index contributed by atoms with van der Waals surface area (Å²) in [4.78, 5) is 0. The third-order valence-corrected chi connectivity index (χ3v) is 4.59. The zero-order valence-corrected chi connectivity index (χ0v) is 13.8. The molecule has 0 fully saturated rings. The van der Waals surface area contributed by atoms with Crippen LogP contribution in [-0.2, 0) is 0 Å². The van der Waals surface area contributed by atoms with E-state index >= 15 is 0 Å². The van der Waals surface area contributed by atoms with Crippen LogP contribution in [0.5, 0.6) is 5.88 Å². The molecule has 0 radical (unpaired) electrons. The van der Waals surface area contributed by atoms with Crippen molar-refractivity contribution in [3.05, 3.63) is 70.7 Å². The lowest BCUT2D eigenvalue weighted by Crippen LogP contribution is -2.30. The van der Waals surface area contributed by atoms with Crippen molar-refractivity contribution >= 4 is 17.5 Å². The van der Waals surface area contributed by atoms with Gasteiger partial charge in [-0.05, 0) is 23.3 Å². The number of halogens is 1. The van der Waals surface area contributed by atoms with Crippen LogP contribution in [0.2, 0.25) is 5.02 Å². The monoisotopic (exact) mass is 348 g/mol. The molecule has 6 heteroatoms. The van der Waals surface area contributed by atoms with Gasteiger partial charge in [0.1, 0.15) is 5.92 Å². The van der Waals surface area contributed by atoms with Gasteiger partial charge in [-0.2, -0.15) is 5.26 Å². The number of aromatic nitrogens is 2. The molecule has 0 amide bonds. The SMILES string of the molecule is N#CC1C(=N)Oc2n[nH]c(-c3ccccc3)c2C1c1ccc(Cl)cc1. The van der Waals surface area contributed by atoms with Crippen molar-refractivity contribution in [2.24, 2.45) is 5.92 Å². The lowest BCUT2D eigenvalue weighted by atomic mass is 9.79. The first-order valence-corrected chi connectivity index (χ1v) is 8.12. The van der Waals surface area contributed by atoms with Gasteiger partial charge < -0.3 is 4.74 Å². The third-order valence-electron chi connectivity index (χ3n) is 4.33. The molecule has 0 saturated carbocycles. The molecule has 5 nitrogen and oxygen atoms in total. The van der Waals surface area contributed by atoms with E-state index in [4.69, 9.17) is 21.7 Å². The van der Waals surface area contributed by atoms with Gasteiger partial charge in [0.15, 0.2) is 0 Å². The van der Waals surface area contributed by atoms with Crippen molar-refractivity contribution < 1.29 is 4.74 Å². The zero-order valence-electron chi connectivity index (χ0n) is 13.0. The van der Waals surface area contributed by atoms with Crippen LogP contribution in [0.25, 0.3) is 11.3 Å². The van der Waals surface area contributed by atoms with Gasteiger partial charge in [0.25, 0.3) is 0 Å². The highest BCUT2D eigenvalue weighted by Crippen LogP contribution is 2.45. The van der Waals surface area contributed by atoms with E-state index in [0.29, 0.717) is 10.9 Å². The molecule has 25 heavy (non-hydrogen) atoms. The summed E-state index contributed by atoms with van der Waals surface area (Å²) in [5.74, 6) is -0.836. The summed E-state index contributed by atoms with van der Waals surface area (Å²) in [5.41, 5.74) is 3.42. The molecule has 1 aliphatic heterocycles. The number of hydrogen-bond acceptors (Lipinski definition) is 4. The van der Waals surface area contributed by atoms with Crippen LogP contribution < -0.4 is 4.74 Å². The average molecular weight is 349 g/mol. The van der Waals surface area contributed by atoms with Crippen LogP contribution in [0.15, 0.2) is 54.6 Å². The maximum Gasteiger partial charge on any atom is 0.244 e. The van der Waals surface area contributed by atoms with Gasteiger partial charge in [-0.25, -0.2) is 0 Å². The minimum Gasteiger partial charge on any atom is -0.422 e. The lowest BCUT2D eigenvalue weighted by molar-refractivity contribution is 0.437. The van der Waals surface area contributed by atoms with Crippen molar-refractivity contribution in [3.8, 4) is 23.2 Å². The van der Waals surface area contributed by atoms with E-state index < -0.39 is 5.92 Å². The Bertz CT molecular complexity index is 973. The van der Waals surface area contributed by atoms with Crippen LogP contribution in [-0.4, -0.2) is 16.1 Å². The molecule has 0 aliphatic carbocycles. The Labute approximate surface area is 149 Å². The van der Waals surface area contributed by atoms with Gasteiger partial charge in [-0.15, -0.1) is 5.10 Å². The molecule has 2 unspecified atom stereocenters. The van der Waals surface area contributed by atoms with E-state index in [0.717, 1.165) is 22.4 Å². The fraction of sp³-hybridized carbons (Fsp3) is 0.105. The van der Waals surface area contributed by atoms with E-state index in [1.165, 1.54) is 0 Å². The standard InChI is InChI=1S/C19H13ClN4O/c20-13-8-6-11(7-9-13)15-14(10-21)18(22)25-19-16(15)17(23-24-19)12-4-2-1-3-5-12/h1-9,14-15,22H,(H,23,24). The van der Waals surface area contributed by atoms with Crippen LogP contribution in [0.4, 0.5) is 0 Å². The molecule has 0 bridgehead atoms. The summed E-state index contributed by atoms with van der Waals surface area (Å²) in [6, 6.07) is 19.3. The van der Waals surface area contributed by atoms with Gasteiger partial charge in [-0.1, -0.05) is 54.1 Å². The van der Waals surface area contributed by atoms with Crippen molar-refractivity contribution in [2.45, 2.75) is 5.92 Å². The van der Waals surface area contributed by atoms with E-state index in [9.17, 15) is 5.26 Å². The molecular weight excluding hydrogens is 336 g/mol. The smallest absolute Gasteiger partial charge is 0.244 e. The molecular formula is C19H13ClN4O. The molecule has 2 atom stereocenters. The Balaban J connectivity index is 1.94. The molecule has 0 spiro atoms. The molecule has 4 rings (SSSR count).